The van der Waals surface area contributed by atoms with Crippen LogP contribution in [0.15, 0.2) is 18.2 Å². The molecule has 0 spiro atoms. The quantitative estimate of drug-likeness (QED) is 0.809. The van der Waals surface area contributed by atoms with Gasteiger partial charge in [0, 0.05) is 6.04 Å². The van der Waals surface area contributed by atoms with Crippen LogP contribution >= 0.6 is 0 Å². The van der Waals surface area contributed by atoms with E-state index in [0.29, 0.717) is 0 Å². The maximum Gasteiger partial charge on any atom is 0.121 e. The molecule has 0 fully saturated rings. The van der Waals surface area contributed by atoms with E-state index in [0.717, 1.165) is 11.3 Å². The third-order valence-electron chi connectivity index (χ3n) is 2.71. The summed E-state index contributed by atoms with van der Waals surface area (Å²) in [6.07, 6.45) is 0. The van der Waals surface area contributed by atoms with Crippen LogP contribution in [0.2, 0.25) is 0 Å². The van der Waals surface area contributed by atoms with Crippen LogP contribution in [0.3, 0.4) is 0 Å². The Morgan fingerprint density at radius 1 is 1.27 bits per heavy atom. The molecule has 2 heteroatoms. The molecule has 0 radical (unpaired) electrons. The Morgan fingerprint density at radius 3 is 2.27 bits per heavy atom. The predicted molar refractivity (Wildman–Crippen MR) is 64.1 cm³/mol. The molecule has 0 aliphatic heterocycles. The molecule has 1 unspecified atom stereocenters. The second-order valence-corrected chi connectivity index (χ2v) is 5.07. The van der Waals surface area contributed by atoms with Gasteiger partial charge in [-0.3, -0.25) is 0 Å². The van der Waals surface area contributed by atoms with Gasteiger partial charge in [0.05, 0.1) is 7.11 Å². The Morgan fingerprint density at radius 2 is 1.87 bits per heavy atom. The smallest absolute Gasteiger partial charge is 0.121 e. The zero-order valence-corrected chi connectivity index (χ0v) is 10.3. The van der Waals surface area contributed by atoms with Gasteiger partial charge in [-0.1, -0.05) is 32.9 Å². The first-order chi connectivity index (χ1) is 6.86. The topological polar surface area (TPSA) is 35.2 Å². The lowest BCUT2D eigenvalue weighted by Gasteiger charge is -2.27. The Hall–Kier alpha value is -1.02. The highest BCUT2D eigenvalue weighted by Gasteiger charge is 2.22. The van der Waals surface area contributed by atoms with Gasteiger partial charge in [-0.25, -0.2) is 0 Å². The first-order valence-electron chi connectivity index (χ1n) is 5.26. The first-order valence-corrected chi connectivity index (χ1v) is 5.26. The molecule has 0 bridgehead atoms. The number of aryl methyl sites for hydroxylation is 1. The van der Waals surface area contributed by atoms with Gasteiger partial charge in [-0.15, -0.1) is 0 Å². The van der Waals surface area contributed by atoms with Gasteiger partial charge >= 0.3 is 0 Å². The standard InChI is InChI=1S/C13H21NO/c1-9-8-10(6-7-11(9)15-5)12(14)13(2,3)4/h6-8,12H,14H2,1-5H3. The largest absolute Gasteiger partial charge is 0.496 e. The Bertz CT molecular complexity index is 339. The van der Waals surface area contributed by atoms with Gasteiger partial charge in [0.2, 0.25) is 0 Å². The summed E-state index contributed by atoms with van der Waals surface area (Å²) in [7, 11) is 1.69. The summed E-state index contributed by atoms with van der Waals surface area (Å²) in [5.41, 5.74) is 8.58. The summed E-state index contributed by atoms with van der Waals surface area (Å²) >= 11 is 0. The van der Waals surface area contributed by atoms with Gasteiger partial charge in [-0.05, 0) is 29.5 Å². The molecule has 0 amide bonds. The summed E-state index contributed by atoms with van der Waals surface area (Å²) in [6, 6.07) is 6.19. The fraction of sp³-hybridized carbons (Fsp3) is 0.538. The zero-order chi connectivity index (χ0) is 11.6. The van der Waals surface area contributed by atoms with Gasteiger partial charge in [0.15, 0.2) is 0 Å². The highest BCUT2D eigenvalue weighted by molar-refractivity contribution is 5.37. The lowest BCUT2D eigenvalue weighted by molar-refractivity contribution is 0.326. The van der Waals surface area contributed by atoms with Crippen molar-refractivity contribution in [3.63, 3.8) is 0 Å². The van der Waals surface area contributed by atoms with Crippen LogP contribution in [0.1, 0.15) is 37.9 Å². The number of benzene rings is 1. The van der Waals surface area contributed by atoms with E-state index in [2.05, 4.69) is 26.8 Å². The average molecular weight is 207 g/mol. The molecule has 1 aromatic carbocycles. The van der Waals surface area contributed by atoms with Crippen LogP contribution in [0, 0.1) is 12.3 Å². The maximum absolute atomic E-state index is 6.19. The van der Waals surface area contributed by atoms with Crippen molar-refractivity contribution in [2.24, 2.45) is 11.1 Å². The molecule has 0 aromatic heterocycles. The summed E-state index contributed by atoms with van der Waals surface area (Å²) in [5.74, 6) is 0.917. The minimum Gasteiger partial charge on any atom is -0.496 e. The fourth-order valence-corrected chi connectivity index (χ4v) is 1.60. The number of ether oxygens (including phenoxy) is 1. The van der Waals surface area contributed by atoms with Crippen molar-refractivity contribution in [3.05, 3.63) is 29.3 Å². The van der Waals surface area contributed by atoms with Crippen molar-refractivity contribution in [1.29, 1.82) is 0 Å². The van der Waals surface area contributed by atoms with E-state index >= 15 is 0 Å². The predicted octanol–water partition coefficient (Wildman–Crippen LogP) is 3.05. The van der Waals surface area contributed by atoms with Crippen LogP contribution in [0.4, 0.5) is 0 Å². The zero-order valence-electron chi connectivity index (χ0n) is 10.3. The van der Waals surface area contributed by atoms with E-state index in [4.69, 9.17) is 10.5 Å². The number of methoxy groups -OCH3 is 1. The molecule has 0 heterocycles. The molecular formula is C13H21NO. The molecule has 84 valence electrons. The molecule has 0 aliphatic carbocycles. The van der Waals surface area contributed by atoms with Crippen molar-refractivity contribution in [2.75, 3.05) is 7.11 Å². The van der Waals surface area contributed by atoms with Crippen molar-refractivity contribution in [2.45, 2.75) is 33.7 Å². The third-order valence-corrected chi connectivity index (χ3v) is 2.71. The highest BCUT2D eigenvalue weighted by atomic mass is 16.5. The van der Waals surface area contributed by atoms with E-state index < -0.39 is 0 Å². The molecule has 0 saturated carbocycles. The molecule has 1 rings (SSSR count). The molecular weight excluding hydrogens is 186 g/mol. The van der Waals surface area contributed by atoms with Crippen LogP contribution < -0.4 is 10.5 Å². The summed E-state index contributed by atoms with van der Waals surface area (Å²) in [5, 5.41) is 0. The van der Waals surface area contributed by atoms with E-state index in [9.17, 15) is 0 Å². The summed E-state index contributed by atoms with van der Waals surface area (Å²) in [4.78, 5) is 0. The second-order valence-electron chi connectivity index (χ2n) is 5.07. The van der Waals surface area contributed by atoms with E-state index in [-0.39, 0.29) is 11.5 Å². The minimum absolute atomic E-state index is 0.0575. The number of hydrogen-bond acceptors (Lipinski definition) is 2. The van der Waals surface area contributed by atoms with Crippen LogP contribution in [0.25, 0.3) is 0 Å². The first kappa shape index (κ1) is 12.1. The van der Waals surface area contributed by atoms with Crippen molar-refractivity contribution in [3.8, 4) is 5.75 Å². The Balaban J connectivity index is 3.02. The third kappa shape index (κ3) is 2.72. The van der Waals surface area contributed by atoms with Crippen molar-refractivity contribution < 1.29 is 4.74 Å². The molecule has 15 heavy (non-hydrogen) atoms. The van der Waals surface area contributed by atoms with Crippen molar-refractivity contribution >= 4 is 0 Å². The van der Waals surface area contributed by atoms with Gasteiger partial charge in [0.1, 0.15) is 5.75 Å². The number of hydrogen-bond donors (Lipinski definition) is 1. The molecule has 1 aromatic rings. The fourth-order valence-electron chi connectivity index (χ4n) is 1.60. The van der Waals surface area contributed by atoms with E-state index in [1.807, 2.05) is 19.1 Å². The highest BCUT2D eigenvalue weighted by Crippen LogP contribution is 2.32. The number of rotatable bonds is 2. The lowest BCUT2D eigenvalue weighted by atomic mass is 9.83. The Kier molecular flexibility index (Phi) is 3.40. The SMILES string of the molecule is COc1ccc(C(N)C(C)(C)C)cc1C. The monoisotopic (exact) mass is 207 g/mol. The number of nitrogens with two attached hydrogens (primary N) is 1. The molecule has 2 N–H and O–H groups in total. The van der Waals surface area contributed by atoms with Crippen LogP contribution in [0.5, 0.6) is 5.75 Å². The van der Waals surface area contributed by atoms with Crippen LogP contribution in [-0.4, -0.2) is 7.11 Å². The molecule has 0 aliphatic rings. The molecule has 0 saturated heterocycles. The summed E-state index contributed by atoms with van der Waals surface area (Å²) < 4.78 is 5.22. The van der Waals surface area contributed by atoms with Crippen LogP contribution in [-0.2, 0) is 0 Å². The summed E-state index contributed by atoms with van der Waals surface area (Å²) in [6.45, 7) is 8.49. The normalized spacial score (nSPS) is 13.7. The lowest BCUT2D eigenvalue weighted by Crippen LogP contribution is -2.26. The van der Waals surface area contributed by atoms with Gasteiger partial charge in [-0.2, -0.15) is 0 Å². The van der Waals surface area contributed by atoms with Crippen molar-refractivity contribution in [1.82, 2.24) is 0 Å². The van der Waals surface area contributed by atoms with Gasteiger partial charge in [0.25, 0.3) is 0 Å². The second kappa shape index (κ2) is 4.23. The van der Waals surface area contributed by atoms with Gasteiger partial charge < -0.3 is 10.5 Å². The maximum atomic E-state index is 6.19. The van der Waals surface area contributed by atoms with E-state index in [1.165, 1.54) is 5.56 Å². The molecule has 1 atom stereocenters. The average Bonchev–Trinajstić information content (AvgIpc) is 2.15. The molecule has 2 nitrogen and oxygen atoms in total. The Labute approximate surface area is 92.4 Å². The minimum atomic E-state index is 0.0575. The van der Waals surface area contributed by atoms with E-state index in [1.54, 1.807) is 7.11 Å².